The van der Waals surface area contributed by atoms with Crippen LogP contribution in [0.5, 0.6) is 0 Å². The fraction of sp³-hybridized carbons (Fsp3) is 0.385. The van der Waals surface area contributed by atoms with E-state index in [1.54, 1.807) is 13.0 Å². The van der Waals surface area contributed by atoms with E-state index >= 15 is 0 Å². The van der Waals surface area contributed by atoms with E-state index in [4.69, 9.17) is 17.3 Å². The molecule has 0 aliphatic carbocycles. The molecule has 4 nitrogen and oxygen atoms in total. The van der Waals surface area contributed by atoms with E-state index in [0.29, 0.717) is 10.5 Å². The van der Waals surface area contributed by atoms with Gasteiger partial charge in [-0.1, -0.05) is 19.1 Å². The van der Waals surface area contributed by atoms with Gasteiger partial charge < -0.3 is 9.67 Å². The van der Waals surface area contributed by atoms with Gasteiger partial charge in [0.1, 0.15) is 0 Å². The molecule has 0 unspecified atom stereocenters. The summed E-state index contributed by atoms with van der Waals surface area (Å²) < 4.78 is 2.60. The molecule has 2 N–H and O–H groups in total. The smallest absolute Gasteiger partial charge is 0.195 e. The Morgan fingerprint density at radius 1 is 1.50 bits per heavy atom. The van der Waals surface area contributed by atoms with E-state index in [2.05, 4.69) is 17.1 Å². The molecule has 1 rings (SSSR count). The van der Waals surface area contributed by atoms with Crippen molar-refractivity contribution in [3.63, 3.8) is 0 Å². The van der Waals surface area contributed by atoms with Crippen LogP contribution in [0.1, 0.15) is 33.0 Å². The van der Waals surface area contributed by atoms with E-state index in [-0.39, 0.29) is 0 Å². The minimum atomic E-state index is 0.297. The van der Waals surface area contributed by atoms with Crippen molar-refractivity contribution in [2.75, 3.05) is 0 Å². The number of aromatic amines is 1. The predicted molar refractivity (Wildman–Crippen MR) is 76.9 cm³/mol. The van der Waals surface area contributed by atoms with Gasteiger partial charge in [0.25, 0.3) is 0 Å². The highest BCUT2D eigenvalue weighted by Gasteiger charge is 2.00. The maximum atomic E-state index is 9.12. The van der Waals surface area contributed by atoms with Gasteiger partial charge in [-0.3, -0.25) is 5.10 Å². The number of nitrogens with zero attached hydrogens (tertiary/aromatic N) is 2. The number of aliphatic hydroxyl groups excluding tert-OH is 1. The molecule has 1 aromatic rings. The second kappa shape index (κ2) is 6.96. The monoisotopic (exact) mass is 265 g/mol. The molecule has 0 aliphatic heterocycles. The van der Waals surface area contributed by atoms with Crippen molar-refractivity contribution in [3.05, 3.63) is 40.2 Å². The molecule has 0 spiro atoms. The molecular formula is C13H19N3OS. The van der Waals surface area contributed by atoms with Crippen molar-refractivity contribution in [1.29, 1.82) is 0 Å². The molecule has 5 heteroatoms. The summed E-state index contributed by atoms with van der Waals surface area (Å²) in [6, 6.07) is 0. The molecule has 0 saturated heterocycles. The number of aliphatic hydroxyl groups is 1. The van der Waals surface area contributed by atoms with Crippen LogP contribution in [-0.2, 0) is 6.54 Å². The SMILES string of the molecule is CCCn1c(/C=C/C=C(C)\C=C(/C)O)n[nH]c1=S. The summed E-state index contributed by atoms with van der Waals surface area (Å²) in [4.78, 5) is 0. The lowest BCUT2D eigenvalue weighted by Crippen LogP contribution is -1.99. The van der Waals surface area contributed by atoms with Crippen molar-refractivity contribution >= 4 is 18.3 Å². The zero-order valence-electron chi connectivity index (χ0n) is 11.0. The average molecular weight is 265 g/mol. The lowest BCUT2D eigenvalue weighted by Gasteiger charge is -1.99. The first-order valence-electron chi connectivity index (χ1n) is 5.92. The molecule has 18 heavy (non-hydrogen) atoms. The van der Waals surface area contributed by atoms with Crippen LogP contribution < -0.4 is 0 Å². The fourth-order valence-electron chi connectivity index (χ4n) is 1.56. The first-order chi connectivity index (χ1) is 8.54. The minimum Gasteiger partial charge on any atom is -0.513 e. The molecular weight excluding hydrogens is 246 g/mol. The Morgan fingerprint density at radius 2 is 2.22 bits per heavy atom. The van der Waals surface area contributed by atoms with Crippen LogP contribution in [0.3, 0.4) is 0 Å². The summed E-state index contributed by atoms with van der Waals surface area (Å²) in [7, 11) is 0. The van der Waals surface area contributed by atoms with Crippen molar-refractivity contribution in [2.24, 2.45) is 0 Å². The summed E-state index contributed by atoms with van der Waals surface area (Å²) in [5.74, 6) is 1.11. The number of H-pyrrole nitrogens is 1. The van der Waals surface area contributed by atoms with Gasteiger partial charge in [0.2, 0.25) is 0 Å². The van der Waals surface area contributed by atoms with Crippen LogP contribution in [0.4, 0.5) is 0 Å². The Balaban J connectivity index is 2.85. The quantitative estimate of drug-likeness (QED) is 0.484. The molecule has 0 saturated carbocycles. The molecule has 1 heterocycles. The van der Waals surface area contributed by atoms with Crippen molar-refractivity contribution in [1.82, 2.24) is 14.8 Å². The zero-order valence-corrected chi connectivity index (χ0v) is 11.8. The van der Waals surface area contributed by atoms with Gasteiger partial charge in [-0.25, -0.2) is 0 Å². The Morgan fingerprint density at radius 3 is 2.83 bits per heavy atom. The van der Waals surface area contributed by atoms with Crippen LogP contribution in [0, 0.1) is 4.77 Å². The third kappa shape index (κ3) is 4.33. The van der Waals surface area contributed by atoms with Crippen LogP contribution in [0.25, 0.3) is 6.08 Å². The van der Waals surface area contributed by atoms with Crippen LogP contribution in [0.2, 0.25) is 0 Å². The van der Waals surface area contributed by atoms with Gasteiger partial charge in [0.15, 0.2) is 10.6 Å². The molecule has 0 aromatic carbocycles. The zero-order chi connectivity index (χ0) is 13.5. The molecule has 0 bridgehead atoms. The normalized spacial score (nSPS) is 13.5. The maximum Gasteiger partial charge on any atom is 0.195 e. The first kappa shape index (κ1) is 14.4. The van der Waals surface area contributed by atoms with E-state index in [1.807, 2.05) is 29.7 Å². The van der Waals surface area contributed by atoms with Gasteiger partial charge in [0, 0.05) is 6.54 Å². The number of aromatic nitrogens is 3. The van der Waals surface area contributed by atoms with Crippen molar-refractivity contribution < 1.29 is 5.11 Å². The number of nitrogens with one attached hydrogen (secondary N) is 1. The van der Waals surface area contributed by atoms with Gasteiger partial charge >= 0.3 is 0 Å². The molecule has 0 atom stereocenters. The Bertz CT molecular complexity index is 531. The molecule has 0 aliphatic rings. The van der Waals surface area contributed by atoms with Gasteiger partial charge in [-0.15, -0.1) is 0 Å². The molecule has 98 valence electrons. The highest BCUT2D eigenvalue weighted by atomic mass is 32.1. The predicted octanol–water partition coefficient (Wildman–Crippen LogP) is 3.77. The molecule has 1 aromatic heterocycles. The second-order valence-corrected chi connectivity index (χ2v) is 4.48. The third-order valence-electron chi connectivity index (χ3n) is 2.28. The van der Waals surface area contributed by atoms with Crippen molar-refractivity contribution in [2.45, 2.75) is 33.7 Å². The Hall–Kier alpha value is -1.62. The standard InChI is InChI=1S/C13H19N3OS/c1-4-8-16-12(14-15-13(16)18)7-5-6-10(2)9-11(3)17/h5-7,9,17H,4,8H2,1-3H3,(H,15,18)/b7-5+,10-6-,11-9+. The fourth-order valence-corrected chi connectivity index (χ4v) is 1.79. The lowest BCUT2D eigenvalue weighted by atomic mass is 10.2. The molecule has 0 fully saturated rings. The largest absolute Gasteiger partial charge is 0.513 e. The lowest BCUT2D eigenvalue weighted by molar-refractivity contribution is 0.414. The summed E-state index contributed by atoms with van der Waals surface area (Å²) in [5.41, 5.74) is 0.974. The first-order valence-corrected chi connectivity index (χ1v) is 6.33. The maximum absolute atomic E-state index is 9.12. The number of hydrogen-bond acceptors (Lipinski definition) is 3. The average Bonchev–Trinajstić information content (AvgIpc) is 2.61. The second-order valence-electron chi connectivity index (χ2n) is 4.09. The molecule has 0 radical (unpaired) electrons. The van der Waals surface area contributed by atoms with E-state index in [1.165, 1.54) is 0 Å². The third-order valence-corrected chi connectivity index (χ3v) is 2.59. The van der Waals surface area contributed by atoms with E-state index in [0.717, 1.165) is 24.4 Å². The van der Waals surface area contributed by atoms with Gasteiger partial charge in [-0.05, 0) is 50.2 Å². The summed E-state index contributed by atoms with van der Waals surface area (Å²) in [6.07, 6.45) is 8.41. The van der Waals surface area contributed by atoms with Crippen LogP contribution >= 0.6 is 12.2 Å². The summed E-state index contributed by atoms with van der Waals surface area (Å²) in [5, 5.41) is 16.1. The summed E-state index contributed by atoms with van der Waals surface area (Å²) >= 11 is 5.15. The summed E-state index contributed by atoms with van der Waals surface area (Å²) in [6.45, 7) is 6.52. The minimum absolute atomic E-state index is 0.297. The Labute approximate surface area is 112 Å². The Kier molecular flexibility index (Phi) is 5.58. The topological polar surface area (TPSA) is 53.8 Å². The van der Waals surface area contributed by atoms with Crippen LogP contribution in [0.15, 0.2) is 29.6 Å². The highest BCUT2D eigenvalue weighted by molar-refractivity contribution is 7.71. The van der Waals surface area contributed by atoms with Crippen LogP contribution in [-0.4, -0.2) is 19.9 Å². The van der Waals surface area contributed by atoms with Gasteiger partial charge in [0.05, 0.1) is 5.76 Å². The number of rotatable bonds is 5. The van der Waals surface area contributed by atoms with Crippen molar-refractivity contribution in [3.8, 4) is 0 Å². The molecule has 0 amide bonds. The number of allylic oxidation sites excluding steroid dienone is 5. The highest BCUT2D eigenvalue weighted by Crippen LogP contribution is 2.04. The van der Waals surface area contributed by atoms with E-state index in [9.17, 15) is 0 Å². The number of hydrogen-bond donors (Lipinski definition) is 2. The van der Waals surface area contributed by atoms with E-state index < -0.39 is 0 Å². The van der Waals surface area contributed by atoms with Gasteiger partial charge in [-0.2, -0.15) is 5.10 Å².